The molecule has 3 rings (SSSR count). The molecule has 0 bridgehead atoms. The van der Waals surface area contributed by atoms with Crippen molar-refractivity contribution in [3.05, 3.63) is 65.3 Å². The van der Waals surface area contributed by atoms with E-state index in [4.69, 9.17) is 0 Å². The van der Waals surface area contributed by atoms with E-state index in [-0.39, 0.29) is 17.0 Å². The molecular weight excluding hydrogens is 356 g/mol. The number of aromatic nitrogens is 1. The summed E-state index contributed by atoms with van der Waals surface area (Å²) in [6.07, 6.45) is 5.47. The molecule has 0 spiro atoms. The summed E-state index contributed by atoms with van der Waals surface area (Å²) in [5.74, 6) is -0.842. The standard InChI is InChI=1S/C23H29F2N3/c1-6-16-10-17(13-27-16)28-14(2)18-11-21(25)19(12-20(18)24)15-7-8-26-22(9-15)23(3,4)5/h7-9,11-14,16,27-28H,6,10H2,1-5H3. The number of hydrogen-bond donors (Lipinski definition) is 2. The van der Waals surface area contributed by atoms with Gasteiger partial charge in [-0.2, -0.15) is 0 Å². The summed E-state index contributed by atoms with van der Waals surface area (Å²) in [5.41, 5.74) is 2.92. The minimum absolute atomic E-state index is 0.164. The van der Waals surface area contributed by atoms with Crippen molar-refractivity contribution in [3.63, 3.8) is 0 Å². The molecule has 2 aromatic rings. The van der Waals surface area contributed by atoms with Gasteiger partial charge in [0.25, 0.3) is 0 Å². The normalized spacial score (nSPS) is 17.8. The Labute approximate surface area is 166 Å². The Bertz CT molecular complexity index is 884. The molecule has 0 saturated heterocycles. The van der Waals surface area contributed by atoms with Crippen LogP contribution in [0.25, 0.3) is 11.1 Å². The number of nitrogens with one attached hydrogen (secondary N) is 2. The van der Waals surface area contributed by atoms with Crippen LogP contribution in [0.15, 0.2) is 42.4 Å². The van der Waals surface area contributed by atoms with Gasteiger partial charge < -0.3 is 10.6 Å². The average molecular weight is 386 g/mol. The van der Waals surface area contributed by atoms with E-state index in [2.05, 4.69) is 22.5 Å². The Kier molecular flexibility index (Phi) is 5.73. The first-order chi connectivity index (χ1) is 13.2. The molecule has 2 heterocycles. The monoisotopic (exact) mass is 385 g/mol. The first-order valence-corrected chi connectivity index (χ1v) is 9.86. The number of nitrogens with zero attached hydrogens (tertiary/aromatic N) is 1. The van der Waals surface area contributed by atoms with Crippen LogP contribution >= 0.6 is 0 Å². The van der Waals surface area contributed by atoms with E-state index in [0.717, 1.165) is 24.2 Å². The van der Waals surface area contributed by atoms with Crippen molar-refractivity contribution < 1.29 is 8.78 Å². The van der Waals surface area contributed by atoms with Crippen molar-refractivity contribution in [2.75, 3.05) is 0 Å². The number of hydrogen-bond acceptors (Lipinski definition) is 3. The second kappa shape index (κ2) is 7.90. The van der Waals surface area contributed by atoms with E-state index in [0.29, 0.717) is 17.2 Å². The zero-order valence-corrected chi connectivity index (χ0v) is 17.2. The maximum Gasteiger partial charge on any atom is 0.131 e. The maximum absolute atomic E-state index is 14.9. The van der Waals surface area contributed by atoms with E-state index in [1.54, 1.807) is 12.3 Å². The molecule has 1 aliphatic rings. The van der Waals surface area contributed by atoms with Gasteiger partial charge in [0, 0.05) is 52.8 Å². The van der Waals surface area contributed by atoms with Gasteiger partial charge in [0.2, 0.25) is 0 Å². The van der Waals surface area contributed by atoms with Gasteiger partial charge in [-0.15, -0.1) is 0 Å². The third kappa shape index (κ3) is 4.34. The van der Waals surface area contributed by atoms with Gasteiger partial charge in [-0.25, -0.2) is 8.78 Å². The summed E-state index contributed by atoms with van der Waals surface area (Å²) < 4.78 is 29.8. The second-order valence-corrected chi connectivity index (χ2v) is 8.54. The van der Waals surface area contributed by atoms with Gasteiger partial charge in [-0.3, -0.25) is 4.98 Å². The number of pyridine rings is 1. The maximum atomic E-state index is 14.9. The summed E-state index contributed by atoms with van der Waals surface area (Å²) in [7, 11) is 0. The summed E-state index contributed by atoms with van der Waals surface area (Å²) in [5, 5.41) is 6.59. The molecular formula is C23H29F2N3. The molecule has 1 aliphatic heterocycles. The molecule has 1 aromatic carbocycles. The van der Waals surface area contributed by atoms with Crippen LogP contribution in [0.1, 0.15) is 64.8 Å². The Balaban J connectivity index is 1.85. The fraction of sp³-hybridized carbons (Fsp3) is 0.435. The number of halogens is 2. The van der Waals surface area contributed by atoms with Crippen LogP contribution in [0, 0.1) is 11.6 Å². The molecule has 0 fully saturated rings. The van der Waals surface area contributed by atoms with Crippen LogP contribution in [0.5, 0.6) is 0 Å². The average Bonchev–Trinajstić information content (AvgIpc) is 3.10. The van der Waals surface area contributed by atoms with E-state index < -0.39 is 11.6 Å². The van der Waals surface area contributed by atoms with E-state index >= 15 is 0 Å². The van der Waals surface area contributed by atoms with Gasteiger partial charge in [-0.05, 0) is 43.2 Å². The lowest BCUT2D eigenvalue weighted by Crippen LogP contribution is -2.20. The predicted molar refractivity (Wildman–Crippen MR) is 110 cm³/mol. The molecule has 0 amide bonds. The van der Waals surface area contributed by atoms with E-state index in [9.17, 15) is 8.78 Å². The summed E-state index contributed by atoms with van der Waals surface area (Å²) in [6, 6.07) is 6.23. The highest BCUT2D eigenvalue weighted by Gasteiger charge is 2.21. The Morgan fingerprint density at radius 1 is 1.21 bits per heavy atom. The van der Waals surface area contributed by atoms with Crippen LogP contribution in [0.3, 0.4) is 0 Å². The van der Waals surface area contributed by atoms with Crippen LogP contribution in [-0.4, -0.2) is 11.0 Å². The Morgan fingerprint density at radius 3 is 2.61 bits per heavy atom. The minimum atomic E-state index is -0.430. The highest BCUT2D eigenvalue weighted by Crippen LogP contribution is 2.31. The summed E-state index contributed by atoms with van der Waals surface area (Å²) in [6.45, 7) is 10.1. The largest absolute Gasteiger partial charge is 0.386 e. The van der Waals surface area contributed by atoms with Gasteiger partial charge in [0.15, 0.2) is 0 Å². The second-order valence-electron chi connectivity index (χ2n) is 8.54. The minimum Gasteiger partial charge on any atom is -0.386 e. The van der Waals surface area contributed by atoms with Crippen molar-refractivity contribution in [1.82, 2.24) is 15.6 Å². The molecule has 2 N–H and O–H groups in total. The van der Waals surface area contributed by atoms with Crippen molar-refractivity contribution in [2.24, 2.45) is 0 Å². The smallest absolute Gasteiger partial charge is 0.131 e. The molecule has 1 aromatic heterocycles. The molecule has 2 atom stereocenters. The van der Waals surface area contributed by atoms with Crippen LogP contribution in [0.4, 0.5) is 8.78 Å². The highest BCUT2D eigenvalue weighted by molar-refractivity contribution is 5.65. The molecule has 0 aliphatic carbocycles. The molecule has 2 unspecified atom stereocenters. The highest BCUT2D eigenvalue weighted by atomic mass is 19.1. The quantitative estimate of drug-likeness (QED) is 0.705. The fourth-order valence-electron chi connectivity index (χ4n) is 3.44. The molecule has 28 heavy (non-hydrogen) atoms. The van der Waals surface area contributed by atoms with Crippen molar-refractivity contribution in [2.45, 2.75) is 65.0 Å². The van der Waals surface area contributed by atoms with Gasteiger partial charge >= 0.3 is 0 Å². The molecule has 3 nitrogen and oxygen atoms in total. The zero-order chi connectivity index (χ0) is 20.5. The molecule has 150 valence electrons. The number of rotatable bonds is 5. The fourth-order valence-corrected chi connectivity index (χ4v) is 3.44. The van der Waals surface area contributed by atoms with Crippen LogP contribution in [-0.2, 0) is 5.41 Å². The van der Waals surface area contributed by atoms with Crippen LogP contribution < -0.4 is 10.6 Å². The van der Waals surface area contributed by atoms with Gasteiger partial charge in [0.1, 0.15) is 11.6 Å². The summed E-state index contributed by atoms with van der Waals surface area (Å²) in [4.78, 5) is 4.37. The summed E-state index contributed by atoms with van der Waals surface area (Å²) >= 11 is 0. The lowest BCUT2D eigenvalue weighted by atomic mass is 9.89. The molecule has 0 radical (unpaired) electrons. The van der Waals surface area contributed by atoms with Crippen LogP contribution in [0.2, 0.25) is 0 Å². The Morgan fingerprint density at radius 2 is 1.96 bits per heavy atom. The lowest BCUT2D eigenvalue weighted by molar-refractivity contribution is 0.535. The van der Waals surface area contributed by atoms with Crippen molar-refractivity contribution >= 4 is 0 Å². The lowest BCUT2D eigenvalue weighted by Gasteiger charge is -2.20. The molecule has 0 saturated carbocycles. The Hall–Kier alpha value is -2.43. The first kappa shape index (κ1) is 20.3. The zero-order valence-electron chi connectivity index (χ0n) is 17.2. The molecule has 5 heteroatoms. The van der Waals surface area contributed by atoms with E-state index in [1.165, 1.54) is 12.1 Å². The predicted octanol–water partition coefficient (Wildman–Crippen LogP) is 5.59. The number of benzene rings is 1. The van der Waals surface area contributed by atoms with Crippen molar-refractivity contribution in [1.29, 1.82) is 0 Å². The van der Waals surface area contributed by atoms with E-state index in [1.807, 2.05) is 40.0 Å². The SMILES string of the molecule is CCC1CC(NC(C)c2cc(F)c(-c3ccnc(C(C)(C)C)c3)cc2F)=CN1. The third-order valence-electron chi connectivity index (χ3n) is 5.25. The topological polar surface area (TPSA) is 37.0 Å². The van der Waals surface area contributed by atoms with Crippen molar-refractivity contribution in [3.8, 4) is 11.1 Å². The first-order valence-electron chi connectivity index (χ1n) is 9.86. The third-order valence-corrected chi connectivity index (χ3v) is 5.25. The van der Waals surface area contributed by atoms with Gasteiger partial charge in [-0.1, -0.05) is 27.7 Å². The van der Waals surface area contributed by atoms with Gasteiger partial charge in [0.05, 0.1) is 6.04 Å².